The normalized spacial score (nSPS) is 14.7. The van der Waals surface area contributed by atoms with Gasteiger partial charge in [0.15, 0.2) is 5.82 Å². The molecule has 3 heterocycles. The summed E-state index contributed by atoms with van der Waals surface area (Å²) in [7, 11) is 2.07. The number of likely N-dealkylation sites (N-methyl/N-ethyl adjacent to an activating group) is 1. The van der Waals surface area contributed by atoms with Gasteiger partial charge < -0.3 is 20.9 Å². The van der Waals surface area contributed by atoms with Crippen molar-refractivity contribution < 1.29 is 4.39 Å². The van der Waals surface area contributed by atoms with Crippen molar-refractivity contribution in [2.45, 2.75) is 6.54 Å². The van der Waals surface area contributed by atoms with Gasteiger partial charge in [-0.25, -0.2) is 9.37 Å². The first-order valence-corrected chi connectivity index (χ1v) is 11.2. The molecule has 0 unspecified atom stereocenters. The maximum Gasteiger partial charge on any atom is 0.229 e. The van der Waals surface area contributed by atoms with Crippen LogP contribution in [0.4, 0.5) is 21.7 Å². The Kier molecular flexibility index (Phi) is 5.88. The number of nitrogens with zero attached hydrogens (tertiary/aromatic N) is 5. The van der Waals surface area contributed by atoms with E-state index in [0.717, 1.165) is 42.6 Å². The first-order valence-electron chi connectivity index (χ1n) is 10.9. The first-order chi connectivity index (χ1) is 16.0. The molecule has 1 saturated heterocycles. The van der Waals surface area contributed by atoms with Crippen molar-refractivity contribution in [2.75, 3.05) is 43.4 Å². The molecule has 0 atom stereocenters. The topological polar surface area (TPSA) is 75.2 Å². The van der Waals surface area contributed by atoms with E-state index < -0.39 is 0 Å². The molecule has 1 fully saturated rings. The molecule has 2 aromatic heterocycles. The molecule has 0 saturated carbocycles. The van der Waals surface area contributed by atoms with Crippen molar-refractivity contribution >= 4 is 39.8 Å². The molecule has 33 heavy (non-hydrogen) atoms. The summed E-state index contributed by atoms with van der Waals surface area (Å²) in [5.74, 6) is 0.680. The molecule has 3 N–H and O–H groups in total. The van der Waals surface area contributed by atoms with Crippen molar-refractivity contribution in [2.24, 2.45) is 5.73 Å². The van der Waals surface area contributed by atoms with Crippen LogP contribution in [-0.2, 0) is 6.54 Å². The highest BCUT2D eigenvalue weighted by Gasteiger charge is 2.18. The van der Waals surface area contributed by atoms with Crippen molar-refractivity contribution in [3.8, 4) is 5.82 Å². The minimum Gasteiger partial charge on any atom is -0.367 e. The number of nitrogens with two attached hydrogens (primary N) is 1. The van der Waals surface area contributed by atoms with E-state index in [1.807, 2.05) is 35.0 Å². The number of nitrogens with one attached hydrogen (secondary N) is 1. The smallest absolute Gasteiger partial charge is 0.229 e. The second-order valence-electron chi connectivity index (χ2n) is 8.19. The molecule has 0 spiro atoms. The Bertz CT molecular complexity index is 1300. The number of rotatable bonds is 5. The minimum absolute atomic E-state index is 0.240. The highest BCUT2D eigenvalue weighted by atomic mass is 35.5. The summed E-state index contributed by atoms with van der Waals surface area (Å²) in [5.41, 5.74) is 9.19. The van der Waals surface area contributed by atoms with Crippen molar-refractivity contribution in [1.29, 1.82) is 0 Å². The predicted molar refractivity (Wildman–Crippen MR) is 131 cm³/mol. The molecule has 0 radical (unpaired) electrons. The molecular formula is C24H25ClFN7. The van der Waals surface area contributed by atoms with Crippen LogP contribution < -0.4 is 16.0 Å². The zero-order chi connectivity index (χ0) is 22.9. The summed E-state index contributed by atoms with van der Waals surface area (Å²) in [6.07, 6.45) is 3.51. The molecule has 1 aliphatic rings. The number of piperazine rings is 1. The molecule has 7 nitrogen and oxygen atoms in total. The van der Waals surface area contributed by atoms with Crippen LogP contribution in [0, 0.1) is 5.82 Å². The lowest BCUT2D eigenvalue weighted by Gasteiger charge is -2.34. The summed E-state index contributed by atoms with van der Waals surface area (Å²) in [5, 5.41) is 4.68. The Morgan fingerprint density at radius 1 is 1.12 bits per heavy atom. The Morgan fingerprint density at radius 3 is 2.70 bits per heavy atom. The van der Waals surface area contributed by atoms with Crippen LogP contribution >= 0.6 is 11.6 Å². The Hall–Kier alpha value is -3.20. The SMILES string of the molecule is CN1CCN(c2cc(Nc3ncc(Cl)c(-n4cc(CN)c5ccccc54)n3)ccc2F)CC1. The largest absolute Gasteiger partial charge is 0.367 e. The van der Waals surface area contributed by atoms with Gasteiger partial charge in [0.05, 0.1) is 17.4 Å². The van der Waals surface area contributed by atoms with E-state index in [1.54, 1.807) is 18.3 Å². The third kappa shape index (κ3) is 4.25. The maximum absolute atomic E-state index is 14.6. The van der Waals surface area contributed by atoms with Gasteiger partial charge in [0, 0.05) is 50.0 Å². The summed E-state index contributed by atoms with van der Waals surface area (Å²) >= 11 is 6.48. The highest BCUT2D eigenvalue weighted by Crippen LogP contribution is 2.29. The zero-order valence-electron chi connectivity index (χ0n) is 18.3. The van der Waals surface area contributed by atoms with Crippen molar-refractivity contribution in [1.82, 2.24) is 19.4 Å². The fourth-order valence-corrected chi connectivity index (χ4v) is 4.37. The predicted octanol–water partition coefficient (Wildman–Crippen LogP) is 4.17. The summed E-state index contributed by atoms with van der Waals surface area (Å²) in [4.78, 5) is 13.3. The van der Waals surface area contributed by atoms with E-state index in [1.165, 1.54) is 6.07 Å². The molecule has 0 aliphatic carbocycles. The molecule has 1 aliphatic heterocycles. The summed E-state index contributed by atoms with van der Waals surface area (Å²) in [6, 6.07) is 12.9. The van der Waals surface area contributed by atoms with Gasteiger partial charge in [0.1, 0.15) is 10.8 Å². The fraction of sp³-hybridized carbons (Fsp3) is 0.250. The van der Waals surface area contributed by atoms with Crippen LogP contribution in [0.25, 0.3) is 16.7 Å². The number of fused-ring (bicyclic) bond motifs is 1. The van der Waals surface area contributed by atoms with E-state index in [4.69, 9.17) is 17.3 Å². The van der Waals surface area contributed by atoms with Gasteiger partial charge in [-0.3, -0.25) is 4.57 Å². The van der Waals surface area contributed by atoms with E-state index in [2.05, 4.69) is 32.1 Å². The molecule has 9 heteroatoms. The van der Waals surface area contributed by atoms with Crippen LogP contribution in [0.1, 0.15) is 5.56 Å². The lowest BCUT2D eigenvalue weighted by Crippen LogP contribution is -2.44. The standard InChI is InChI=1S/C24H25ClFN7/c1-31-8-10-32(11-9-31)22-12-17(6-7-20(22)26)29-24-28-14-19(25)23(30-24)33-15-16(13-27)18-4-2-3-5-21(18)33/h2-7,12,14-15H,8-11,13,27H2,1H3,(H,28,29,30). The van der Waals surface area contributed by atoms with Gasteiger partial charge in [-0.15, -0.1) is 0 Å². The number of hydrogen-bond acceptors (Lipinski definition) is 6. The first kappa shape index (κ1) is 21.6. The minimum atomic E-state index is -0.240. The molecule has 5 rings (SSSR count). The molecule has 0 amide bonds. The zero-order valence-corrected chi connectivity index (χ0v) is 19.1. The number of para-hydroxylation sites is 1. The number of hydrogen-bond donors (Lipinski definition) is 2. The Morgan fingerprint density at radius 2 is 1.91 bits per heavy atom. The van der Waals surface area contributed by atoms with Gasteiger partial charge >= 0.3 is 0 Å². The van der Waals surface area contributed by atoms with Crippen LogP contribution in [0.2, 0.25) is 5.02 Å². The number of aromatic nitrogens is 3. The monoisotopic (exact) mass is 465 g/mol. The van der Waals surface area contributed by atoms with Gasteiger partial charge in [0.2, 0.25) is 5.95 Å². The highest BCUT2D eigenvalue weighted by molar-refractivity contribution is 6.32. The molecule has 0 bridgehead atoms. The van der Waals surface area contributed by atoms with Crippen LogP contribution in [0.5, 0.6) is 0 Å². The third-order valence-corrected chi connectivity index (χ3v) is 6.28. The summed E-state index contributed by atoms with van der Waals surface area (Å²) < 4.78 is 16.5. The van der Waals surface area contributed by atoms with Gasteiger partial charge in [-0.1, -0.05) is 29.8 Å². The quantitative estimate of drug-likeness (QED) is 0.461. The fourth-order valence-electron chi connectivity index (χ4n) is 4.18. The Balaban J connectivity index is 1.47. The third-order valence-electron chi connectivity index (χ3n) is 6.01. The lowest BCUT2D eigenvalue weighted by atomic mass is 10.2. The van der Waals surface area contributed by atoms with E-state index >= 15 is 0 Å². The maximum atomic E-state index is 14.6. The molecular weight excluding hydrogens is 441 g/mol. The van der Waals surface area contributed by atoms with E-state index in [9.17, 15) is 4.39 Å². The van der Waals surface area contributed by atoms with E-state index in [-0.39, 0.29) is 5.82 Å². The van der Waals surface area contributed by atoms with Crippen molar-refractivity contribution in [3.05, 3.63) is 71.3 Å². The average molecular weight is 466 g/mol. The molecule has 4 aromatic rings. The Labute approximate surface area is 196 Å². The molecule has 2 aromatic carbocycles. The second kappa shape index (κ2) is 8.97. The van der Waals surface area contributed by atoms with Gasteiger partial charge in [-0.2, -0.15) is 4.98 Å². The summed E-state index contributed by atoms with van der Waals surface area (Å²) in [6.45, 7) is 3.77. The van der Waals surface area contributed by atoms with Crippen molar-refractivity contribution in [3.63, 3.8) is 0 Å². The second-order valence-corrected chi connectivity index (χ2v) is 8.60. The van der Waals surface area contributed by atoms with Crippen LogP contribution in [0.15, 0.2) is 54.9 Å². The molecule has 170 valence electrons. The van der Waals surface area contributed by atoms with Gasteiger partial charge in [0.25, 0.3) is 0 Å². The number of anilines is 3. The number of halogens is 2. The average Bonchev–Trinajstić information content (AvgIpc) is 3.21. The number of benzene rings is 2. The van der Waals surface area contributed by atoms with Gasteiger partial charge in [-0.05, 0) is 36.9 Å². The van der Waals surface area contributed by atoms with E-state index in [0.29, 0.717) is 34.7 Å². The lowest BCUT2D eigenvalue weighted by molar-refractivity contribution is 0.311. The van der Waals surface area contributed by atoms with Crippen LogP contribution in [0.3, 0.4) is 0 Å². The van der Waals surface area contributed by atoms with Crippen LogP contribution in [-0.4, -0.2) is 52.7 Å².